The van der Waals surface area contributed by atoms with Crippen molar-refractivity contribution in [2.75, 3.05) is 25.1 Å². The van der Waals surface area contributed by atoms with Crippen LogP contribution in [0.5, 0.6) is 0 Å². The van der Waals surface area contributed by atoms with Crippen molar-refractivity contribution in [2.45, 2.75) is 58.0 Å². The highest BCUT2D eigenvalue weighted by Gasteiger charge is 2.16. The average Bonchev–Trinajstić information content (AvgIpc) is 3.22. The van der Waals surface area contributed by atoms with Crippen LogP contribution >= 0.6 is 35.7 Å². The van der Waals surface area contributed by atoms with E-state index in [1.807, 2.05) is 11.8 Å². The molecule has 24 heavy (non-hydrogen) atoms. The number of thioether (sulfide) groups is 1. The molecule has 2 N–H and O–H groups in total. The number of hydrogen-bond acceptors (Lipinski definition) is 4. The summed E-state index contributed by atoms with van der Waals surface area (Å²) in [7, 11) is 0. The van der Waals surface area contributed by atoms with Gasteiger partial charge in [0.1, 0.15) is 12.2 Å². The fourth-order valence-electron chi connectivity index (χ4n) is 2.85. The largest absolute Gasteiger partial charge is 0.355 e. The van der Waals surface area contributed by atoms with Gasteiger partial charge in [-0.25, -0.2) is 0 Å². The molecule has 0 atom stereocenters. The molecule has 0 spiro atoms. The van der Waals surface area contributed by atoms with Crippen LogP contribution in [0.2, 0.25) is 0 Å². The van der Waals surface area contributed by atoms with E-state index < -0.39 is 0 Å². The van der Waals surface area contributed by atoms with Crippen LogP contribution in [0.1, 0.15) is 44.9 Å². The first-order valence-electron chi connectivity index (χ1n) is 8.74. The molecule has 1 heterocycles. The molecular weight excluding hydrogens is 435 g/mol. The van der Waals surface area contributed by atoms with Gasteiger partial charge >= 0.3 is 0 Å². The van der Waals surface area contributed by atoms with Gasteiger partial charge in [0.2, 0.25) is 0 Å². The Bertz CT molecular complexity index is 473. The van der Waals surface area contributed by atoms with Crippen molar-refractivity contribution in [3.63, 3.8) is 0 Å². The number of halogens is 1. The predicted molar refractivity (Wildman–Crippen MR) is 114 cm³/mol. The second-order valence-electron chi connectivity index (χ2n) is 5.92. The summed E-state index contributed by atoms with van der Waals surface area (Å²) >= 11 is 1.88. The van der Waals surface area contributed by atoms with Gasteiger partial charge in [-0.1, -0.05) is 19.8 Å². The lowest BCUT2D eigenvalue weighted by atomic mass is 10.2. The third-order valence-corrected chi connectivity index (χ3v) is 4.83. The van der Waals surface area contributed by atoms with Crippen LogP contribution < -0.4 is 10.6 Å². The van der Waals surface area contributed by atoms with E-state index in [-0.39, 0.29) is 24.0 Å². The maximum absolute atomic E-state index is 4.73. The predicted octanol–water partition coefficient (Wildman–Crippen LogP) is 2.69. The fourth-order valence-corrected chi connectivity index (χ4v) is 3.27. The normalized spacial score (nSPS) is 15.3. The summed E-state index contributed by atoms with van der Waals surface area (Å²) in [6, 6.07) is 0.586. The minimum Gasteiger partial charge on any atom is -0.355 e. The van der Waals surface area contributed by atoms with E-state index >= 15 is 0 Å². The zero-order valence-corrected chi connectivity index (χ0v) is 18.0. The Morgan fingerprint density at radius 3 is 2.92 bits per heavy atom. The fraction of sp³-hybridized carbons (Fsp3) is 0.812. The molecule has 1 aromatic heterocycles. The molecule has 0 amide bonds. The molecule has 1 aromatic rings. The first-order valence-corrected chi connectivity index (χ1v) is 10.1. The first-order chi connectivity index (χ1) is 11.3. The highest BCUT2D eigenvalue weighted by atomic mass is 127. The molecule has 0 bridgehead atoms. The van der Waals surface area contributed by atoms with Crippen LogP contribution in [0.3, 0.4) is 0 Å². The minimum absolute atomic E-state index is 0. The van der Waals surface area contributed by atoms with Crippen LogP contribution in [0, 0.1) is 0 Å². The molecule has 2 rings (SSSR count). The molecule has 138 valence electrons. The van der Waals surface area contributed by atoms with Crippen molar-refractivity contribution in [3.8, 4) is 0 Å². The van der Waals surface area contributed by atoms with E-state index in [9.17, 15) is 0 Å². The summed E-state index contributed by atoms with van der Waals surface area (Å²) < 4.78 is 2.11. The van der Waals surface area contributed by atoms with Crippen LogP contribution in [-0.4, -0.2) is 51.9 Å². The molecule has 1 saturated carbocycles. The number of nitrogens with one attached hydrogen (secondary N) is 2. The van der Waals surface area contributed by atoms with Gasteiger partial charge in [0.25, 0.3) is 0 Å². The van der Waals surface area contributed by atoms with Crippen LogP contribution in [0.4, 0.5) is 0 Å². The third-order valence-electron chi connectivity index (χ3n) is 4.13. The lowest BCUT2D eigenvalue weighted by molar-refractivity contribution is 0.592. The Morgan fingerprint density at radius 2 is 2.21 bits per heavy atom. The molecule has 0 saturated heterocycles. The molecule has 0 unspecified atom stereocenters. The van der Waals surface area contributed by atoms with E-state index in [0.29, 0.717) is 6.04 Å². The number of aromatic nitrogens is 3. The van der Waals surface area contributed by atoms with Crippen molar-refractivity contribution in [3.05, 3.63) is 12.2 Å². The summed E-state index contributed by atoms with van der Waals surface area (Å²) in [5.41, 5.74) is 0. The number of nitrogens with zero attached hydrogens (tertiary/aromatic N) is 4. The van der Waals surface area contributed by atoms with Gasteiger partial charge in [-0.2, -0.15) is 11.8 Å². The van der Waals surface area contributed by atoms with E-state index in [4.69, 9.17) is 4.99 Å². The Balaban J connectivity index is 0.00000288. The van der Waals surface area contributed by atoms with E-state index in [2.05, 4.69) is 38.6 Å². The Kier molecular flexibility index (Phi) is 11.5. The second kappa shape index (κ2) is 12.8. The molecule has 0 radical (unpaired) electrons. The zero-order chi connectivity index (χ0) is 16.3. The van der Waals surface area contributed by atoms with E-state index in [1.54, 1.807) is 6.33 Å². The van der Waals surface area contributed by atoms with Gasteiger partial charge in [-0.3, -0.25) is 4.99 Å². The van der Waals surface area contributed by atoms with Gasteiger partial charge in [0, 0.05) is 32.1 Å². The van der Waals surface area contributed by atoms with Gasteiger partial charge < -0.3 is 15.2 Å². The molecule has 8 heteroatoms. The quantitative estimate of drug-likeness (QED) is 0.254. The SMILES string of the molecule is CCc1nncn1CCNC(=NCCCSC)NC1CCCC1.I. The third kappa shape index (κ3) is 7.58. The minimum atomic E-state index is 0. The number of aliphatic imine (C=N–C) groups is 1. The molecular formula is C16H31IN6S. The highest BCUT2D eigenvalue weighted by molar-refractivity contribution is 14.0. The number of aryl methyl sites for hydroxylation is 1. The van der Waals surface area contributed by atoms with E-state index in [0.717, 1.165) is 44.3 Å². The van der Waals surface area contributed by atoms with Gasteiger partial charge in [-0.15, -0.1) is 34.2 Å². The molecule has 1 aliphatic carbocycles. The standard InChI is InChI=1S/C16H30N6S.HI/c1-3-15-21-19-13-22(15)11-10-18-16(17-9-6-12-23-2)20-14-7-4-5-8-14;/h13-14H,3-12H2,1-2H3,(H2,17,18,20);1H. The first kappa shape index (κ1) is 21.5. The van der Waals surface area contributed by atoms with Crippen LogP contribution in [0.15, 0.2) is 11.3 Å². The Morgan fingerprint density at radius 1 is 1.42 bits per heavy atom. The number of hydrogen-bond donors (Lipinski definition) is 2. The lowest BCUT2D eigenvalue weighted by Gasteiger charge is -2.17. The molecule has 0 aromatic carbocycles. The maximum Gasteiger partial charge on any atom is 0.191 e. The van der Waals surface area contributed by atoms with Crippen molar-refractivity contribution in [2.24, 2.45) is 4.99 Å². The van der Waals surface area contributed by atoms with Crippen LogP contribution in [-0.2, 0) is 13.0 Å². The topological polar surface area (TPSA) is 67.1 Å². The average molecular weight is 466 g/mol. The van der Waals surface area contributed by atoms with Crippen molar-refractivity contribution in [1.82, 2.24) is 25.4 Å². The highest BCUT2D eigenvalue weighted by Crippen LogP contribution is 2.17. The van der Waals surface area contributed by atoms with Gasteiger partial charge in [0.05, 0.1) is 0 Å². The van der Waals surface area contributed by atoms with Crippen molar-refractivity contribution < 1.29 is 0 Å². The summed E-state index contributed by atoms with van der Waals surface area (Å²) in [5, 5.41) is 15.2. The molecule has 0 aliphatic heterocycles. The van der Waals surface area contributed by atoms with E-state index in [1.165, 1.54) is 31.4 Å². The van der Waals surface area contributed by atoms with Gasteiger partial charge in [0.15, 0.2) is 5.96 Å². The monoisotopic (exact) mass is 466 g/mol. The summed E-state index contributed by atoms with van der Waals surface area (Å²) in [6.45, 7) is 4.70. The molecule has 6 nitrogen and oxygen atoms in total. The molecule has 1 fully saturated rings. The maximum atomic E-state index is 4.73. The van der Waals surface area contributed by atoms with Crippen molar-refractivity contribution in [1.29, 1.82) is 0 Å². The Labute approximate surface area is 167 Å². The smallest absolute Gasteiger partial charge is 0.191 e. The Hall–Kier alpha value is -0.510. The number of rotatable bonds is 9. The lowest BCUT2D eigenvalue weighted by Crippen LogP contribution is -2.43. The summed E-state index contributed by atoms with van der Waals surface area (Å²) in [6.07, 6.45) is 11.2. The van der Waals surface area contributed by atoms with Crippen LogP contribution in [0.25, 0.3) is 0 Å². The van der Waals surface area contributed by atoms with Crippen molar-refractivity contribution >= 4 is 41.7 Å². The summed E-state index contributed by atoms with van der Waals surface area (Å²) in [5.74, 6) is 3.17. The van der Waals surface area contributed by atoms with Gasteiger partial charge in [-0.05, 0) is 31.3 Å². The molecule has 1 aliphatic rings. The summed E-state index contributed by atoms with van der Waals surface area (Å²) in [4.78, 5) is 4.73. The zero-order valence-electron chi connectivity index (χ0n) is 14.8. The second-order valence-corrected chi connectivity index (χ2v) is 6.91. The number of guanidine groups is 1.